The van der Waals surface area contributed by atoms with Crippen molar-refractivity contribution in [1.29, 1.82) is 0 Å². The van der Waals surface area contributed by atoms with Crippen molar-refractivity contribution in [2.24, 2.45) is 0 Å². The third kappa shape index (κ3) is 3.90. The lowest BCUT2D eigenvalue weighted by Gasteiger charge is -2.04. The molecule has 0 atom stereocenters. The summed E-state index contributed by atoms with van der Waals surface area (Å²) in [6.45, 7) is 4.16. The molecular weight excluding hydrogens is 198 g/mol. The Morgan fingerprint density at radius 3 is 2.93 bits per heavy atom. The lowest BCUT2D eigenvalue weighted by molar-refractivity contribution is -0.389. The standard InChI is InChI=1S/C9H13N3O3/c1-2-10-5-6-15-8-3-4-9(11-7-8)12(13)14/h3-4,7,10H,2,5-6H2,1H3. The highest BCUT2D eigenvalue weighted by Crippen LogP contribution is 2.12. The molecule has 82 valence electrons. The van der Waals surface area contributed by atoms with Crippen molar-refractivity contribution in [2.45, 2.75) is 6.92 Å². The van der Waals surface area contributed by atoms with E-state index in [9.17, 15) is 10.1 Å². The molecule has 0 amide bonds. The quantitative estimate of drug-likeness (QED) is 0.431. The maximum absolute atomic E-state index is 10.3. The number of aromatic nitrogens is 1. The molecule has 0 radical (unpaired) electrons. The van der Waals surface area contributed by atoms with Crippen molar-refractivity contribution in [3.8, 4) is 5.75 Å². The molecule has 0 unspecified atom stereocenters. The van der Waals surface area contributed by atoms with Gasteiger partial charge in [-0.1, -0.05) is 6.92 Å². The lowest BCUT2D eigenvalue weighted by atomic mass is 10.4. The molecule has 0 spiro atoms. The summed E-state index contributed by atoms with van der Waals surface area (Å²) >= 11 is 0. The molecule has 1 N–H and O–H groups in total. The van der Waals surface area contributed by atoms with E-state index < -0.39 is 4.92 Å². The van der Waals surface area contributed by atoms with Gasteiger partial charge in [-0.05, 0) is 22.5 Å². The minimum atomic E-state index is -0.539. The lowest BCUT2D eigenvalue weighted by Crippen LogP contribution is -2.20. The van der Waals surface area contributed by atoms with Crippen LogP contribution in [0.2, 0.25) is 0 Å². The Kier molecular flexibility index (Phi) is 4.49. The van der Waals surface area contributed by atoms with Crippen LogP contribution in [0, 0.1) is 10.1 Å². The number of likely N-dealkylation sites (N-methyl/N-ethyl adjacent to an activating group) is 1. The predicted molar refractivity (Wildman–Crippen MR) is 54.9 cm³/mol. The van der Waals surface area contributed by atoms with E-state index in [1.165, 1.54) is 18.3 Å². The third-order valence-corrected chi connectivity index (χ3v) is 1.71. The number of nitrogens with one attached hydrogen (secondary N) is 1. The summed E-state index contributed by atoms with van der Waals surface area (Å²) < 4.78 is 5.30. The molecule has 6 nitrogen and oxygen atoms in total. The van der Waals surface area contributed by atoms with Crippen LogP contribution in [0.25, 0.3) is 0 Å². The van der Waals surface area contributed by atoms with Crippen LogP contribution in [0.3, 0.4) is 0 Å². The van der Waals surface area contributed by atoms with Gasteiger partial charge < -0.3 is 20.2 Å². The van der Waals surface area contributed by atoms with Gasteiger partial charge in [0.1, 0.15) is 6.61 Å². The monoisotopic (exact) mass is 211 g/mol. The van der Waals surface area contributed by atoms with Crippen molar-refractivity contribution in [2.75, 3.05) is 19.7 Å². The van der Waals surface area contributed by atoms with Gasteiger partial charge in [-0.2, -0.15) is 0 Å². The van der Waals surface area contributed by atoms with Crippen molar-refractivity contribution in [1.82, 2.24) is 10.3 Å². The van der Waals surface area contributed by atoms with Crippen LogP contribution in [-0.2, 0) is 0 Å². The molecule has 0 aliphatic heterocycles. The third-order valence-electron chi connectivity index (χ3n) is 1.71. The van der Waals surface area contributed by atoms with E-state index in [-0.39, 0.29) is 5.82 Å². The molecule has 1 aromatic rings. The first-order valence-corrected chi connectivity index (χ1v) is 4.68. The topological polar surface area (TPSA) is 77.3 Å². The second kappa shape index (κ2) is 5.92. The van der Waals surface area contributed by atoms with Gasteiger partial charge in [0.2, 0.25) is 0 Å². The highest BCUT2D eigenvalue weighted by atomic mass is 16.6. The fourth-order valence-electron chi connectivity index (χ4n) is 0.984. The van der Waals surface area contributed by atoms with Gasteiger partial charge in [0.25, 0.3) is 0 Å². The van der Waals surface area contributed by atoms with Gasteiger partial charge >= 0.3 is 5.82 Å². The first-order chi connectivity index (χ1) is 7.24. The first-order valence-electron chi connectivity index (χ1n) is 4.68. The molecule has 1 rings (SSSR count). The van der Waals surface area contributed by atoms with Gasteiger partial charge in [-0.25, -0.2) is 0 Å². The van der Waals surface area contributed by atoms with E-state index in [0.717, 1.165) is 13.1 Å². The summed E-state index contributed by atoms with van der Waals surface area (Å²) in [6, 6.07) is 2.86. The average Bonchev–Trinajstić information content (AvgIpc) is 2.25. The number of nitro groups is 1. The summed E-state index contributed by atoms with van der Waals surface area (Å²) in [5.74, 6) is 0.368. The van der Waals surface area contributed by atoms with Crippen LogP contribution in [0.5, 0.6) is 5.75 Å². The van der Waals surface area contributed by atoms with Crippen molar-refractivity contribution in [3.63, 3.8) is 0 Å². The summed E-state index contributed by atoms with van der Waals surface area (Å²) in [6.07, 6.45) is 1.35. The summed E-state index contributed by atoms with van der Waals surface area (Å²) in [5, 5.41) is 13.4. The van der Waals surface area contributed by atoms with Gasteiger partial charge in [-0.15, -0.1) is 0 Å². The Balaban J connectivity index is 2.39. The average molecular weight is 211 g/mol. The Bertz CT molecular complexity index is 313. The van der Waals surface area contributed by atoms with Crippen LogP contribution >= 0.6 is 0 Å². The molecule has 0 fully saturated rings. The van der Waals surface area contributed by atoms with Crippen LogP contribution in [0.15, 0.2) is 18.3 Å². The van der Waals surface area contributed by atoms with Gasteiger partial charge in [0.15, 0.2) is 11.9 Å². The van der Waals surface area contributed by atoms with Gasteiger partial charge in [-0.3, -0.25) is 0 Å². The molecule has 0 bridgehead atoms. The van der Waals surface area contributed by atoms with Crippen molar-refractivity contribution >= 4 is 5.82 Å². The SMILES string of the molecule is CCNCCOc1ccc([N+](=O)[O-])nc1. The number of nitrogens with zero attached hydrogens (tertiary/aromatic N) is 2. The molecular formula is C9H13N3O3. The van der Waals surface area contributed by atoms with Crippen molar-refractivity contribution in [3.05, 3.63) is 28.4 Å². The fourth-order valence-corrected chi connectivity index (χ4v) is 0.984. The maximum atomic E-state index is 10.3. The molecule has 15 heavy (non-hydrogen) atoms. The summed E-state index contributed by atoms with van der Waals surface area (Å²) in [5.41, 5.74) is 0. The Labute approximate surface area is 87.4 Å². The molecule has 0 aliphatic rings. The Morgan fingerprint density at radius 2 is 2.40 bits per heavy atom. The van der Waals surface area contributed by atoms with Crippen LogP contribution in [0.4, 0.5) is 5.82 Å². The largest absolute Gasteiger partial charge is 0.488 e. The van der Waals surface area contributed by atoms with E-state index in [1.807, 2.05) is 6.92 Å². The minimum Gasteiger partial charge on any atom is -0.488 e. The summed E-state index contributed by atoms with van der Waals surface area (Å²) in [4.78, 5) is 13.4. The minimum absolute atomic E-state index is 0.172. The molecule has 0 saturated heterocycles. The smallest absolute Gasteiger partial charge is 0.363 e. The highest BCUT2D eigenvalue weighted by Gasteiger charge is 2.06. The highest BCUT2D eigenvalue weighted by molar-refractivity contribution is 5.26. The number of rotatable bonds is 6. The van der Waals surface area contributed by atoms with Gasteiger partial charge in [0, 0.05) is 12.6 Å². The molecule has 6 heteroatoms. The zero-order valence-corrected chi connectivity index (χ0v) is 8.47. The number of ether oxygens (including phenoxy) is 1. The number of hydrogen-bond donors (Lipinski definition) is 1. The van der Waals surface area contributed by atoms with E-state index in [2.05, 4.69) is 10.3 Å². The van der Waals surface area contributed by atoms with Crippen LogP contribution < -0.4 is 10.1 Å². The van der Waals surface area contributed by atoms with Crippen LogP contribution in [0.1, 0.15) is 6.92 Å². The van der Waals surface area contributed by atoms with Crippen molar-refractivity contribution < 1.29 is 9.66 Å². The number of pyridine rings is 1. The predicted octanol–water partition coefficient (Wildman–Crippen LogP) is 0.978. The maximum Gasteiger partial charge on any atom is 0.363 e. The summed E-state index contributed by atoms with van der Waals surface area (Å²) in [7, 11) is 0. The fraction of sp³-hybridized carbons (Fsp3) is 0.444. The molecule has 0 aliphatic carbocycles. The zero-order chi connectivity index (χ0) is 11.1. The van der Waals surface area contributed by atoms with Gasteiger partial charge in [0.05, 0.1) is 0 Å². The Morgan fingerprint density at radius 1 is 1.60 bits per heavy atom. The van der Waals surface area contributed by atoms with E-state index >= 15 is 0 Å². The Hall–Kier alpha value is -1.69. The molecule has 0 aromatic carbocycles. The second-order valence-electron chi connectivity index (χ2n) is 2.81. The van der Waals surface area contributed by atoms with E-state index in [0.29, 0.717) is 12.4 Å². The number of hydrogen-bond acceptors (Lipinski definition) is 5. The van der Waals surface area contributed by atoms with Crippen LogP contribution in [-0.4, -0.2) is 29.6 Å². The molecule has 0 saturated carbocycles. The zero-order valence-electron chi connectivity index (χ0n) is 8.47. The molecule has 1 heterocycles. The molecule has 1 aromatic heterocycles. The van der Waals surface area contributed by atoms with E-state index in [1.54, 1.807) is 0 Å². The normalized spacial score (nSPS) is 9.93. The second-order valence-corrected chi connectivity index (χ2v) is 2.81. The van der Waals surface area contributed by atoms with E-state index in [4.69, 9.17) is 4.74 Å². The first kappa shape index (κ1) is 11.4.